The second-order valence-corrected chi connectivity index (χ2v) is 6.00. The van der Waals surface area contributed by atoms with Gasteiger partial charge in [-0.2, -0.15) is 0 Å². The van der Waals surface area contributed by atoms with Crippen LogP contribution in [0.25, 0.3) is 6.08 Å². The molecule has 1 atom stereocenters. The molecule has 0 bridgehead atoms. The summed E-state index contributed by atoms with van der Waals surface area (Å²) < 4.78 is 14.5. The van der Waals surface area contributed by atoms with Crippen LogP contribution in [0.4, 0.5) is 15.8 Å². The molecule has 0 amide bonds. The molecule has 2 N–H and O–H groups in total. The lowest BCUT2D eigenvalue weighted by Crippen LogP contribution is -2.16. The average Bonchev–Trinajstić information content (AvgIpc) is 2.70. The number of phenolic OH excluding ortho intramolecular Hbond substituents is 1. The maximum absolute atomic E-state index is 14.5. The topological polar surface area (TPSA) is 57.5 Å². The zero-order chi connectivity index (χ0) is 19.2. The Kier molecular flexibility index (Phi) is 5.61. The Hall–Kier alpha value is -3.47. The van der Waals surface area contributed by atoms with Gasteiger partial charge in [0.2, 0.25) is 0 Å². The smallest absolute Gasteiger partial charge is 0.145 e. The zero-order valence-electron chi connectivity index (χ0n) is 14.8. The van der Waals surface area contributed by atoms with Crippen LogP contribution in [-0.2, 0) is 0 Å². The minimum atomic E-state index is -0.439. The predicted octanol–water partition coefficient (Wildman–Crippen LogP) is 5.15. The number of aliphatic imine (C=N–C) groups is 1. The summed E-state index contributed by atoms with van der Waals surface area (Å²) >= 11 is 0. The summed E-state index contributed by atoms with van der Waals surface area (Å²) in [5, 5.41) is 14.0. The van der Waals surface area contributed by atoms with E-state index in [2.05, 4.69) is 28.6 Å². The van der Waals surface area contributed by atoms with E-state index in [1.54, 1.807) is 48.8 Å². The van der Waals surface area contributed by atoms with E-state index in [0.717, 1.165) is 5.69 Å². The van der Waals surface area contributed by atoms with Crippen molar-refractivity contribution in [3.63, 3.8) is 0 Å². The minimum Gasteiger partial charge on any atom is -0.505 e. The minimum absolute atomic E-state index is 0.0244. The van der Waals surface area contributed by atoms with Crippen LogP contribution >= 0.6 is 0 Å². The average molecular weight is 361 g/mol. The van der Waals surface area contributed by atoms with Crippen LogP contribution in [0, 0.1) is 5.82 Å². The molecule has 0 radical (unpaired) electrons. The highest BCUT2D eigenvalue weighted by Crippen LogP contribution is 2.41. The number of hydrogen-bond acceptors (Lipinski definition) is 4. The molecule has 1 aromatic heterocycles. The SMILES string of the molecule is C=Cc1ccc(C(CNc2cccnc2)c2ccccc2F)c(O)c1N=C. The highest BCUT2D eigenvalue weighted by Gasteiger charge is 2.23. The maximum atomic E-state index is 14.5. The summed E-state index contributed by atoms with van der Waals surface area (Å²) in [5.41, 5.74) is 2.85. The third-order valence-corrected chi connectivity index (χ3v) is 4.42. The molecule has 0 spiro atoms. The van der Waals surface area contributed by atoms with Gasteiger partial charge in [0.25, 0.3) is 0 Å². The number of phenols is 1. The number of anilines is 1. The van der Waals surface area contributed by atoms with E-state index in [4.69, 9.17) is 0 Å². The van der Waals surface area contributed by atoms with Crippen LogP contribution in [0.1, 0.15) is 22.6 Å². The number of pyridine rings is 1. The summed E-state index contributed by atoms with van der Waals surface area (Å²) in [5.74, 6) is -0.801. The number of benzene rings is 2. The molecule has 1 heterocycles. The van der Waals surface area contributed by atoms with Gasteiger partial charge >= 0.3 is 0 Å². The van der Waals surface area contributed by atoms with Gasteiger partial charge in [-0.25, -0.2) is 4.39 Å². The molecular formula is C22H20FN3O. The van der Waals surface area contributed by atoms with E-state index in [0.29, 0.717) is 28.9 Å². The van der Waals surface area contributed by atoms with Crippen molar-refractivity contribution in [1.29, 1.82) is 0 Å². The second kappa shape index (κ2) is 8.27. The van der Waals surface area contributed by atoms with Crippen molar-refractivity contribution in [1.82, 2.24) is 4.98 Å². The van der Waals surface area contributed by atoms with Gasteiger partial charge in [0, 0.05) is 36.0 Å². The fraction of sp³-hybridized carbons (Fsp3) is 0.0909. The van der Waals surface area contributed by atoms with E-state index >= 15 is 0 Å². The van der Waals surface area contributed by atoms with Crippen molar-refractivity contribution in [3.05, 3.63) is 90.0 Å². The van der Waals surface area contributed by atoms with Crippen molar-refractivity contribution >= 4 is 24.2 Å². The number of aromatic hydroxyl groups is 1. The second-order valence-electron chi connectivity index (χ2n) is 6.00. The summed E-state index contributed by atoms with van der Waals surface area (Å²) in [4.78, 5) is 8.00. The molecule has 3 aromatic rings. The van der Waals surface area contributed by atoms with Crippen LogP contribution < -0.4 is 5.32 Å². The quantitative estimate of drug-likeness (QED) is 0.573. The Morgan fingerprint density at radius 1 is 1.15 bits per heavy atom. The number of nitrogens with one attached hydrogen (secondary N) is 1. The highest BCUT2D eigenvalue weighted by atomic mass is 19.1. The summed E-state index contributed by atoms with van der Waals surface area (Å²) in [7, 11) is 0. The molecular weight excluding hydrogens is 341 g/mol. The summed E-state index contributed by atoms with van der Waals surface area (Å²) in [6.07, 6.45) is 4.97. The van der Waals surface area contributed by atoms with Crippen LogP contribution in [-0.4, -0.2) is 23.4 Å². The Labute approximate surface area is 157 Å². The summed E-state index contributed by atoms with van der Waals surface area (Å²) in [6, 6.07) is 13.8. The molecule has 0 fully saturated rings. The van der Waals surface area contributed by atoms with Gasteiger partial charge in [-0.3, -0.25) is 9.98 Å². The number of halogens is 1. The predicted molar refractivity (Wildman–Crippen MR) is 108 cm³/mol. The normalized spacial score (nSPS) is 11.6. The Morgan fingerprint density at radius 3 is 2.63 bits per heavy atom. The lowest BCUT2D eigenvalue weighted by molar-refractivity contribution is 0.466. The molecule has 27 heavy (non-hydrogen) atoms. The van der Waals surface area contributed by atoms with Gasteiger partial charge in [-0.1, -0.05) is 43.0 Å². The Balaban J connectivity index is 2.06. The maximum Gasteiger partial charge on any atom is 0.145 e. The molecule has 3 rings (SSSR count). The van der Waals surface area contributed by atoms with Crippen LogP contribution in [0.5, 0.6) is 5.75 Å². The van der Waals surface area contributed by atoms with E-state index in [-0.39, 0.29) is 11.6 Å². The van der Waals surface area contributed by atoms with Gasteiger partial charge in [0.1, 0.15) is 17.3 Å². The van der Waals surface area contributed by atoms with Crippen LogP contribution in [0.3, 0.4) is 0 Å². The van der Waals surface area contributed by atoms with Crippen LogP contribution in [0.15, 0.2) is 72.5 Å². The first-order valence-electron chi connectivity index (χ1n) is 8.49. The first-order chi connectivity index (χ1) is 13.2. The molecule has 0 aliphatic rings. The zero-order valence-corrected chi connectivity index (χ0v) is 14.8. The van der Waals surface area contributed by atoms with Gasteiger partial charge < -0.3 is 10.4 Å². The molecule has 0 saturated carbocycles. The molecule has 4 nitrogen and oxygen atoms in total. The van der Waals surface area contributed by atoms with Crippen molar-refractivity contribution in [2.24, 2.45) is 4.99 Å². The van der Waals surface area contributed by atoms with Gasteiger partial charge in [0.05, 0.1) is 5.69 Å². The molecule has 136 valence electrons. The van der Waals surface area contributed by atoms with Crippen molar-refractivity contribution < 1.29 is 9.50 Å². The standard InChI is InChI=1S/C22H20FN3O/c1-3-15-10-11-18(22(27)21(15)24-2)19(17-8-4-5-9-20(17)23)14-26-16-7-6-12-25-13-16/h3-13,19,26-27H,1-2,14H2. The fourth-order valence-electron chi connectivity index (χ4n) is 3.06. The molecule has 5 heteroatoms. The first-order valence-corrected chi connectivity index (χ1v) is 8.49. The van der Waals surface area contributed by atoms with Gasteiger partial charge in [-0.05, 0) is 30.5 Å². The number of rotatable bonds is 7. The van der Waals surface area contributed by atoms with Gasteiger partial charge in [-0.15, -0.1) is 0 Å². The lowest BCUT2D eigenvalue weighted by Gasteiger charge is -2.22. The van der Waals surface area contributed by atoms with E-state index in [1.807, 2.05) is 12.1 Å². The van der Waals surface area contributed by atoms with E-state index in [9.17, 15) is 9.50 Å². The van der Waals surface area contributed by atoms with Crippen LogP contribution in [0.2, 0.25) is 0 Å². The van der Waals surface area contributed by atoms with Crippen molar-refractivity contribution in [2.45, 2.75) is 5.92 Å². The molecule has 1 unspecified atom stereocenters. The van der Waals surface area contributed by atoms with Crippen molar-refractivity contribution in [3.8, 4) is 5.75 Å². The number of hydrogen-bond donors (Lipinski definition) is 2. The Bertz CT molecular complexity index is 957. The van der Waals surface area contributed by atoms with E-state index < -0.39 is 5.92 Å². The number of nitrogens with zero attached hydrogens (tertiary/aromatic N) is 2. The van der Waals surface area contributed by atoms with Gasteiger partial charge in [0.15, 0.2) is 0 Å². The molecule has 0 aliphatic carbocycles. The molecule has 0 saturated heterocycles. The number of aromatic nitrogens is 1. The molecule has 0 aliphatic heterocycles. The summed E-state index contributed by atoms with van der Waals surface area (Å²) in [6.45, 7) is 7.62. The van der Waals surface area contributed by atoms with Crippen molar-refractivity contribution in [2.75, 3.05) is 11.9 Å². The van der Waals surface area contributed by atoms with E-state index in [1.165, 1.54) is 6.07 Å². The largest absolute Gasteiger partial charge is 0.505 e. The fourth-order valence-corrected chi connectivity index (χ4v) is 3.06. The highest BCUT2D eigenvalue weighted by molar-refractivity contribution is 5.73. The lowest BCUT2D eigenvalue weighted by atomic mass is 9.88. The third kappa shape index (κ3) is 3.87. The monoisotopic (exact) mass is 361 g/mol. The first kappa shape index (κ1) is 18.3. The molecule has 2 aromatic carbocycles. The third-order valence-electron chi connectivity index (χ3n) is 4.42. The Morgan fingerprint density at radius 2 is 1.96 bits per heavy atom.